The number of rotatable bonds is 15. The Morgan fingerprint density at radius 1 is 0.929 bits per heavy atom. The molecule has 1 aliphatic rings. The van der Waals surface area contributed by atoms with Crippen molar-refractivity contribution in [2.24, 2.45) is 0 Å². The molecule has 222 valence electrons. The standard InChI is InChI=1S/C31H36N4O6S/c1-20-32-17-26(42-20)30(39)33-23(15-14-21-10-6-4-7-11-21)28(37)35-25(18-40-3)29(38)34-24(27(36)31(2)19-41-31)16-22-12-8-5-9-13-22/h4-13,17,23-25H,14-16,18-19H2,1-3H3,(H,33,39)(H,34,38)(H,35,37)/t23-,24?,25-,31+/m0/s1. The number of nitrogens with one attached hydrogen (secondary N) is 3. The number of Topliss-reactive ketones (excluding diaryl/α,β-unsaturated/α-hetero) is 1. The Hall–Kier alpha value is -3.93. The topological polar surface area (TPSA) is 139 Å². The first-order valence-corrected chi connectivity index (χ1v) is 14.6. The van der Waals surface area contributed by atoms with Crippen molar-refractivity contribution in [2.45, 2.75) is 56.8 Å². The number of aromatic nitrogens is 1. The van der Waals surface area contributed by atoms with Crippen LogP contribution in [0.4, 0.5) is 0 Å². The molecule has 0 spiro atoms. The summed E-state index contributed by atoms with van der Waals surface area (Å²) < 4.78 is 10.6. The molecule has 0 radical (unpaired) electrons. The zero-order valence-corrected chi connectivity index (χ0v) is 24.7. The minimum absolute atomic E-state index is 0.134. The van der Waals surface area contributed by atoms with Crippen molar-refractivity contribution >= 4 is 34.8 Å². The van der Waals surface area contributed by atoms with E-state index in [0.29, 0.717) is 17.7 Å². The summed E-state index contributed by atoms with van der Waals surface area (Å²) in [5, 5.41) is 9.07. The van der Waals surface area contributed by atoms with Gasteiger partial charge in [0.15, 0.2) is 5.78 Å². The lowest BCUT2D eigenvalue weighted by molar-refractivity contribution is -0.134. The first kappa shape index (κ1) is 31.0. The number of benzene rings is 2. The largest absolute Gasteiger partial charge is 0.382 e. The minimum atomic E-state index is -1.11. The number of hydrogen-bond acceptors (Lipinski definition) is 8. The summed E-state index contributed by atoms with van der Waals surface area (Å²) in [5.74, 6) is -1.78. The molecule has 11 heteroatoms. The van der Waals surface area contributed by atoms with Gasteiger partial charge in [0.1, 0.15) is 22.6 Å². The van der Waals surface area contributed by atoms with Gasteiger partial charge in [0.05, 0.1) is 30.5 Å². The summed E-state index contributed by atoms with van der Waals surface area (Å²) >= 11 is 1.23. The van der Waals surface area contributed by atoms with Crippen LogP contribution in [-0.4, -0.2) is 72.5 Å². The predicted octanol–water partition coefficient (Wildman–Crippen LogP) is 2.40. The smallest absolute Gasteiger partial charge is 0.263 e. The van der Waals surface area contributed by atoms with E-state index in [1.54, 1.807) is 13.8 Å². The molecule has 3 N–H and O–H groups in total. The van der Waals surface area contributed by atoms with Gasteiger partial charge < -0.3 is 25.4 Å². The van der Waals surface area contributed by atoms with Crippen LogP contribution in [0, 0.1) is 6.92 Å². The quantitative estimate of drug-likeness (QED) is 0.230. The Labute approximate surface area is 249 Å². The van der Waals surface area contributed by atoms with Gasteiger partial charge in [0, 0.05) is 7.11 Å². The van der Waals surface area contributed by atoms with Crippen molar-refractivity contribution < 1.29 is 28.7 Å². The average Bonchev–Trinajstić information content (AvgIpc) is 3.60. The SMILES string of the molecule is COC[C@H](NC(=O)[C@H](CCc1ccccc1)NC(=O)c1cnc(C)s1)C(=O)NC(Cc1ccccc1)C(=O)[C@@]1(C)CO1. The molecule has 0 bridgehead atoms. The van der Waals surface area contributed by atoms with E-state index in [4.69, 9.17) is 9.47 Å². The Balaban J connectivity index is 1.48. The maximum atomic E-state index is 13.5. The van der Waals surface area contributed by atoms with E-state index < -0.39 is 41.4 Å². The second-order valence-electron chi connectivity index (χ2n) is 10.4. The fourth-order valence-corrected chi connectivity index (χ4v) is 5.17. The number of ether oxygens (including phenoxy) is 2. The van der Waals surface area contributed by atoms with E-state index >= 15 is 0 Å². The molecule has 1 aromatic heterocycles. The van der Waals surface area contributed by atoms with Gasteiger partial charge >= 0.3 is 0 Å². The van der Waals surface area contributed by atoms with Gasteiger partial charge in [0.2, 0.25) is 11.8 Å². The molecule has 2 aromatic carbocycles. The highest BCUT2D eigenvalue weighted by molar-refractivity contribution is 7.13. The number of ketones is 1. The lowest BCUT2D eigenvalue weighted by Crippen LogP contribution is -2.58. The number of methoxy groups -OCH3 is 1. The maximum Gasteiger partial charge on any atom is 0.263 e. The van der Waals surface area contributed by atoms with Crippen molar-refractivity contribution in [3.8, 4) is 0 Å². The predicted molar refractivity (Wildman–Crippen MR) is 158 cm³/mol. The van der Waals surface area contributed by atoms with Crippen molar-refractivity contribution in [3.05, 3.63) is 87.9 Å². The van der Waals surface area contributed by atoms with Crippen molar-refractivity contribution in [3.63, 3.8) is 0 Å². The number of hydrogen-bond donors (Lipinski definition) is 3. The molecule has 0 aliphatic carbocycles. The van der Waals surface area contributed by atoms with Crippen molar-refractivity contribution in [1.29, 1.82) is 0 Å². The fourth-order valence-electron chi connectivity index (χ4n) is 4.49. The summed E-state index contributed by atoms with van der Waals surface area (Å²) in [6.45, 7) is 3.64. The lowest BCUT2D eigenvalue weighted by atomic mass is 9.94. The van der Waals surface area contributed by atoms with Crippen LogP contribution < -0.4 is 16.0 Å². The van der Waals surface area contributed by atoms with Gasteiger partial charge in [-0.2, -0.15) is 0 Å². The highest BCUT2D eigenvalue weighted by Gasteiger charge is 2.50. The molecule has 1 unspecified atom stereocenters. The van der Waals surface area contributed by atoms with E-state index in [9.17, 15) is 19.2 Å². The summed E-state index contributed by atoms with van der Waals surface area (Å²) in [5.41, 5.74) is 0.923. The lowest BCUT2D eigenvalue weighted by Gasteiger charge is -2.25. The summed E-state index contributed by atoms with van der Waals surface area (Å²) in [6.07, 6.45) is 2.55. The number of carbonyl (C=O) groups is 4. The van der Waals surface area contributed by atoms with Crippen LogP contribution in [0.5, 0.6) is 0 Å². The fraction of sp³-hybridized carbons (Fsp3) is 0.387. The Morgan fingerprint density at radius 3 is 2.10 bits per heavy atom. The molecule has 3 amide bonds. The first-order chi connectivity index (χ1) is 20.2. The Bertz CT molecular complexity index is 1380. The van der Waals surface area contributed by atoms with Crippen molar-refractivity contribution in [1.82, 2.24) is 20.9 Å². The highest BCUT2D eigenvalue weighted by Crippen LogP contribution is 2.29. The molecule has 10 nitrogen and oxygen atoms in total. The molecule has 2 heterocycles. The van der Waals surface area contributed by atoms with Gasteiger partial charge in [-0.15, -0.1) is 11.3 Å². The van der Waals surface area contributed by atoms with E-state index in [1.807, 2.05) is 60.7 Å². The molecule has 1 aliphatic heterocycles. The van der Waals surface area contributed by atoms with Crippen LogP contribution in [0.2, 0.25) is 0 Å². The van der Waals surface area contributed by atoms with Crippen LogP contribution in [-0.2, 0) is 36.7 Å². The number of nitrogens with zero attached hydrogens (tertiary/aromatic N) is 1. The Kier molecular flexibility index (Phi) is 10.6. The first-order valence-electron chi connectivity index (χ1n) is 13.8. The number of carbonyl (C=O) groups excluding carboxylic acids is 4. The van der Waals surface area contributed by atoms with Gasteiger partial charge in [0.25, 0.3) is 5.91 Å². The summed E-state index contributed by atoms with van der Waals surface area (Å²) in [6, 6.07) is 16.0. The zero-order valence-electron chi connectivity index (χ0n) is 23.9. The monoisotopic (exact) mass is 592 g/mol. The molecular formula is C31H36N4O6S. The van der Waals surface area contributed by atoms with E-state index in [1.165, 1.54) is 24.6 Å². The molecule has 42 heavy (non-hydrogen) atoms. The van der Waals surface area contributed by atoms with Gasteiger partial charge in [-0.05, 0) is 44.2 Å². The molecule has 1 fully saturated rings. The maximum absolute atomic E-state index is 13.5. The second-order valence-corrected chi connectivity index (χ2v) is 11.7. The van der Waals surface area contributed by atoms with Crippen LogP contribution in [0.25, 0.3) is 0 Å². The Morgan fingerprint density at radius 2 is 1.52 bits per heavy atom. The summed E-state index contributed by atoms with van der Waals surface area (Å²) in [7, 11) is 1.42. The van der Waals surface area contributed by atoms with Gasteiger partial charge in [-0.25, -0.2) is 4.98 Å². The third-order valence-electron chi connectivity index (χ3n) is 7.01. The van der Waals surface area contributed by atoms with Crippen LogP contribution >= 0.6 is 11.3 Å². The van der Waals surface area contributed by atoms with Crippen LogP contribution in [0.15, 0.2) is 66.9 Å². The third-order valence-corrected chi connectivity index (χ3v) is 7.92. The summed E-state index contributed by atoms with van der Waals surface area (Å²) in [4.78, 5) is 57.7. The number of thiazole rings is 1. The van der Waals surface area contributed by atoms with E-state index in [2.05, 4.69) is 20.9 Å². The normalized spacial score (nSPS) is 17.9. The highest BCUT2D eigenvalue weighted by atomic mass is 32.1. The number of aryl methyl sites for hydroxylation is 2. The minimum Gasteiger partial charge on any atom is -0.382 e. The number of amides is 3. The third kappa shape index (κ3) is 8.54. The second kappa shape index (κ2) is 14.3. The molecular weight excluding hydrogens is 556 g/mol. The molecule has 0 saturated carbocycles. The van der Waals surface area contributed by atoms with E-state index in [0.717, 1.165) is 16.1 Å². The average molecular weight is 593 g/mol. The van der Waals surface area contributed by atoms with Gasteiger partial charge in [-0.3, -0.25) is 19.2 Å². The molecule has 3 aromatic rings. The molecule has 1 saturated heterocycles. The van der Waals surface area contributed by atoms with Crippen LogP contribution in [0.3, 0.4) is 0 Å². The molecule has 4 rings (SSSR count). The molecule has 4 atom stereocenters. The van der Waals surface area contributed by atoms with Gasteiger partial charge in [-0.1, -0.05) is 60.7 Å². The van der Waals surface area contributed by atoms with Crippen LogP contribution in [0.1, 0.15) is 39.2 Å². The van der Waals surface area contributed by atoms with E-state index in [-0.39, 0.29) is 25.4 Å². The number of epoxide rings is 1. The van der Waals surface area contributed by atoms with Crippen molar-refractivity contribution in [2.75, 3.05) is 20.3 Å². The zero-order chi connectivity index (χ0) is 30.1.